The van der Waals surface area contributed by atoms with E-state index in [0.717, 1.165) is 31.4 Å². The fourth-order valence-corrected chi connectivity index (χ4v) is 2.56. The number of methoxy groups -OCH3 is 1. The number of carbonyl (C=O) groups is 1. The van der Waals surface area contributed by atoms with Crippen LogP contribution in [0, 0.1) is 11.6 Å². The van der Waals surface area contributed by atoms with Crippen molar-refractivity contribution in [2.75, 3.05) is 12.4 Å². The van der Waals surface area contributed by atoms with E-state index in [4.69, 9.17) is 9.29 Å². The van der Waals surface area contributed by atoms with Crippen LogP contribution in [0.3, 0.4) is 0 Å². The topological polar surface area (TPSA) is 92.7 Å². The average molecular weight is 343 g/mol. The molecule has 0 spiro atoms. The van der Waals surface area contributed by atoms with Crippen molar-refractivity contribution < 1.29 is 31.3 Å². The van der Waals surface area contributed by atoms with Crippen LogP contribution in [0.4, 0.5) is 14.5 Å². The average Bonchev–Trinajstić information content (AvgIpc) is 2.49. The summed E-state index contributed by atoms with van der Waals surface area (Å²) in [5.74, 6) is -3.41. The van der Waals surface area contributed by atoms with Crippen molar-refractivity contribution in [1.29, 1.82) is 0 Å². The number of hydrogen-bond donors (Lipinski definition) is 2. The van der Waals surface area contributed by atoms with Gasteiger partial charge in [-0.25, -0.2) is 8.78 Å². The van der Waals surface area contributed by atoms with Crippen LogP contribution >= 0.6 is 0 Å². The first-order valence-corrected chi connectivity index (χ1v) is 7.59. The van der Waals surface area contributed by atoms with Gasteiger partial charge in [-0.05, 0) is 24.3 Å². The minimum Gasteiger partial charge on any atom is -0.494 e. The van der Waals surface area contributed by atoms with Crippen LogP contribution in [0.25, 0.3) is 0 Å². The van der Waals surface area contributed by atoms with Crippen molar-refractivity contribution in [2.45, 2.75) is 4.90 Å². The molecule has 0 aliphatic rings. The molecule has 2 aromatic rings. The molecule has 0 heterocycles. The highest BCUT2D eigenvalue weighted by atomic mass is 32.2. The smallest absolute Gasteiger partial charge is 0.298 e. The molecule has 2 rings (SSSR count). The Kier molecular flexibility index (Phi) is 4.62. The second-order valence-corrected chi connectivity index (χ2v) is 5.78. The molecule has 0 aliphatic heterocycles. The third-order valence-corrected chi connectivity index (χ3v) is 3.76. The summed E-state index contributed by atoms with van der Waals surface area (Å²) in [6, 6.07) is 6.27. The summed E-state index contributed by atoms with van der Waals surface area (Å²) in [6.07, 6.45) is 0. The molecule has 23 heavy (non-hydrogen) atoms. The Morgan fingerprint density at radius 2 is 1.87 bits per heavy atom. The predicted octanol–water partition coefficient (Wildman–Crippen LogP) is 2.47. The van der Waals surface area contributed by atoms with Gasteiger partial charge in [0.25, 0.3) is 16.0 Å². The standard InChI is InChI=1S/C14H11F2NO5S/c1-22-13-9(3-2-4-12(13)23(19,20)21)14(18)17-8-5-6-10(15)11(16)7-8/h2-7H,1H3,(H,17,18)(H,19,20,21). The number of anilines is 1. The molecule has 0 saturated carbocycles. The second kappa shape index (κ2) is 6.31. The highest BCUT2D eigenvalue weighted by molar-refractivity contribution is 7.86. The van der Waals surface area contributed by atoms with E-state index in [9.17, 15) is 22.0 Å². The van der Waals surface area contributed by atoms with E-state index in [1.54, 1.807) is 0 Å². The van der Waals surface area contributed by atoms with Gasteiger partial charge >= 0.3 is 0 Å². The Hall–Kier alpha value is -2.52. The van der Waals surface area contributed by atoms with Crippen molar-refractivity contribution in [1.82, 2.24) is 0 Å². The van der Waals surface area contributed by atoms with Gasteiger partial charge in [-0.15, -0.1) is 0 Å². The molecule has 0 atom stereocenters. The number of nitrogens with one attached hydrogen (secondary N) is 1. The summed E-state index contributed by atoms with van der Waals surface area (Å²) in [5, 5.41) is 2.28. The highest BCUT2D eigenvalue weighted by Crippen LogP contribution is 2.28. The molecule has 0 saturated heterocycles. The first-order chi connectivity index (χ1) is 10.7. The van der Waals surface area contributed by atoms with Crippen LogP contribution in [0.5, 0.6) is 5.75 Å². The number of amides is 1. The largest absolute Gasteiger partial charge is 0.494 e. The lowest BCUT2D eigenvalue weighted by molar-refractivity contribution is 0.102. The van der Waals surface area contributed by atoms with Crippen LogP contribution in [0.1, 0.15) is 10.4 Å². The molecular weight excluding hydrogens is 332 g/mol. The number of ether oxygens (including phenoxy) is 1. The Balaban J connectivity index is 2.41. The zero-order valence-electron chi connectivity index (χ0n) is 11.7. The molecule has 6 nitrogen and oxygen atoms in total. The summed E-state index contributed by atoms with van der Waals surface area (Å²) in [7, 11) is -3.48. The van der Waals surface area contributed by atoms with Gasteiger partial charge in [-0.1, -0.05) is 6.07 Å². The van der Waals surface area contributed by atoms with E-state index in [0.29, 0.717) is 0 Å². The number of para-hydroxylation sites is 1. The Morgan fingerprint density at radius 1 is 1.17 bits per heavy atom. The maximum Gasteiger partial charge on any atom is 0.298 e. The number of halogens is 2. The van der Waals surface area contributed by atoms with Gasteiger partial charge in [-0.3, -0.25) is 9.35 Å². The van der Waals surface area contributed by atoms with Crippen molar-refractivity contribution in [2.24, 2.45) is 0 Å². The van der Waals surface area contributed by atoms with E-state index in [1.807, 2.05) is 0 Å². The maximum absolute atomic E-state index is 13.1. The van der Waals surface area contributed by atoms with Gasteiger partial charge in [0.2, 0.25) is 0 Å². The molecule has 2 N–H and O–H groups in total. The summed E-state index contributed by atoms with van der Waals surface area (Å²) in [4.78, 5) is 11.6. The van der Waals surface area contributed by atoms with Crippen LogP contribution in [0.15, 0.2) is 41.3 Å². The van der Waals surface area contributed by atoms with Gasteiger partial charge in [0.05, 0.1) is 12.7 Å². The number of carbonyl (C=O) groups excluding carboxylic acids is 1. The normalized spacial score (nSPS) is 11.1. The van der Waals surface area contributed by atoms with Crippen LogP contribution in [-0.4, -0.2) is 26.0 Å². The summed E-state index contributed by atoms with van der Waals surface area (Å²) in [5.41, 5.74) is -0.236. The van der Waals surface area contributed by atoms with E-state index in [2.05, 4.69) is 5.32 Å². The SMILES string of the molecule is COc1c(C(=O)Nc2ccc(F)c(F)c2)cccc1S(=O)(=O)O. The summed E-state index contributed by atoms with van der Waals surface area (Å²) >= 11 is 0. The molecule has 0 aromatic heterocycles. The van der Waals surface area contributed by atoms with Gasteiger partial charge < -0.3 is 10.1 Å². The molecule has 0 aliphatic carbocycles. The molecule has 122 valence electrons. The zero-order valence-corrected chi connectivity index (χ0v) is 12.5. The quantitative estimate of drug-likeness (QED) is 0.832. The van der Waals surface area contributed by atoms with Gasteiger partial charge in [-0.2, -0.15) is 8.42 Å². The van der Waals surface area contributed by atoms with E-state index >= 15 is 0 Å². The molecule has 0 fully saturated rings. The van der Waals surface area contributed by atoms with Crippen LogP contribution in [-0.2, 0) is 10.1 Å². The molecule has 0 radical (unpaired) electrons. The lowest BCUT2D eigenvalue weighted by Gasteiger charge is -2.12. The maximum atomic E-state index is 13.1. The van der Waals surface area contributed by atoms with Crippen LogP contribution in [0.2, 0.25) is 0 Å². The fourth-order valence-electron chi connectivity index (χ4n) is 1.88. The monoisotopic (exact) mass is 343 g/mol. The van der Waals surface area contributed by atoms with E-state index in [-0.39, 0.29) is 17.0 Å². The Morgan fingerprint density at radius 3 is 2.43 bits per heavy atom. The van der Waals surface area contributed by atoms with Crippen molar-refractivity contribution in [3.63, 3.8) is 0 Å². The zero-order chi connectivity index (χ0) is 17.2. The highest BCUT2D eigenvalue weighted by Gasteiger charge is 2.22. The first-order valence-electron chi connectivity index (χ1n) is 6.15. The molecule has 2 aromatic carbocycles. The number of rotatable bonds is 4. The third-order valence-electron chi connectivity index (χ3n) is 2.88. The first kappa shape index (κ1) is 16.8. The molecule has 1 amide bonds. The van der Waals surface area contributed by atoms with Gasteiger partial charge in [0.15, 0.2) is 17.4 Å². The fraction of sp³-hybridized carbons (Fsp3) is 0.0714. The lowest BCUT2D eigenvalue weighted by atomic mass is 10.1. The van der Waals surface area contributed by atoms with E-state index < -0.39 is 32.6 Å². The Labute approximate surface area is 130 Å². The minimum atomic E-state index is -4.60. The summed E-state index contributed by atoms with van der Waals surface area (Å²) < 4.78 is 62.6. The van der Waals surface area contributed by atoms with Crippen molar-refractivity contribution >= 4 is 21.7 Å². The summed E-state index contributed by atoms with van der Waals surface area (Å²) in [6.45, 7) is 0. The molecule has 0 bridgehead atoms. The lowest BCUT2D eigenvalue weighted by Crippen LogP contribution is -2.15. The van der Waals surface area contributed by atoms with Crippen LogP contribution < -0.4 is 10.1 Å². The van der Waals surface area contributed by atoms with E-state index in [1.165, 1.54) is 12.1 Å². The van der Waals surface area contributed by atoms with Crippen molar-refractivity contribution in [3.8, 4) is 5.75 Å². The molecule has 0 unspecified atom stereocenters. The molecular formula is C14H11F2NO5S. The minimum absolute atomic E-state index is 0.0341. The third kappa shape index (κ3) is 3.63. The molecule has 9 heteroatoms. The predicted molar refractivity (Wildman–Crippen MR) is 77.1 cm³/mol. The second-order valence-electron chi connectivity index (χ2n) is 4.40. The van der Waals surface area contributed by atoms with Gasteiger partial charge in [0.1, 0.15) is 4.90 Å². The number of hydrogen-bond acceptors (Lipinski definition) is 4. The number of benzene rings is 2. The Bertz CT molecular complexity index is 867. The van der Waals surface area contributed by atoms with Gasteiger partial charge in [0, 0.05) is 11.8 Å². The van der Waals surface area contributed by atoms with Crippen molar-refractivity contribution in [3.05, 3.63) is 53.6 Å².